The first-order valence-electron chi connectivity index (χ1n) is 8.52. The van der Waals surface area contributed by atoms with Crippen molar-refractivity contribution in [3.05, 3.63) is 81.7 Å². The Labute approximate surface area is 210 Å². The van der Waals surface area contributed by atoms with Crippen LogP contribution >= 0.6 is 69.6 Å². The molecule has 0 radical (unpaired) electrons. The molecule has 14 heteroatoms. The van der Waals surface area contributed by atoms with Crippen LogP contribution in [0.1, 0.15) is 23.0 Å². The van der Waals surface area contributed by atoms with E-state index in [0.717, 1.165) is 0 Å². The van der Waals surface area contributed by atoms with Crippen LogP contribution in [0.3, 0.4) is 0 Å². The zero-order valence-electron chi connectivity index (χ0n) is 15.4. The van der Waals surface area contributed by atoms with Crippen LogP contribution < -0.4 is 0 Å². The molecule has 0 spiro atoms. The molecule has 0 saturated heterocycles. The van der Waals surface area contributed by atoms with Crippen LogP contribution in [0.2, 0.25) is 0 Å². The molecule has 0 atom stereocenters. The van der Waals surface area contributed by atoms with E-state index in [2.05, 4.69) is 15.0 Å². The quantitative estimate of drug-likeness (QED) is 0.226. The van der Waals surface area contributed by atoms with E-state index in [9.17, 15) is 20.0 Å². The fourth-order valence-electron chi connectivity index (χ4n) is 3.04. The van der Waals surface area contributed by atoms with E-state index in [-0.39, 0.29) is 17.1 Å². The Hall–Kier alpha value is -1.68. The number of para-hydroxylation sites is 1. The summed E-state index contributed by atoms with van der Waals surface area (Å²) < 4.78 is -4.31. The summed E-state index contributed by atoms with van der Waals surface area (Å²) in [5.74, 6) is -3.09. The molecule has 168 valence electrons. The van der Waals surface area contributed by atoms with Crippen molar-refractivity contribution in [2.24, 2.45) is 5.92 Å². The Bertz CT molecular complexity index is 1100. The Morgan fingerprint density at radius 3 is 1.91 bits per heavy atom. The first-order chi connectivity index (χ1) is 14.8. The number of allylic oxidation sites excluding steroid dienone is 2. The number of alkyl halides is 6. The monoisotopic (exact) mass is 556 g/mol. The van der Waals surface area contributed by atoms with Crippen molar-refractivity contribution >= 4 is 81.3 Å². The van der Waals surface area contributed by atoms with E-state index in [1.165, 1.54) is 42.5 Å². The number of carboxylic acid groups (broad SMARTS) is 1. The molecule has 1 aromatic carbocycles. The van der Waals surface area contributed by atoms with Crippen molar-refractivity contribution in [1.29, 1.82) is 0 Å². The molecule has 1 aromatic heterocycles. The Morgan fingerprint density at radius 2 is 1.47 bits per heavy atom. The van der Waals surface area contributed by atoms with Crippen molar-refractivity contribution in [3.63, 3.8) is 0 Å². The topological polar surface area (TPSA) is 119 Å². The minimum Gasteiger partial charge on any atom is -0.481 e. The molecule has 8 nitrogen and oxygen atoms in total. The fourth-order valence-corrected chi connectivity index (χ4v) is 3.55. The van der Waals surface area contributed by atoms with Gasteiger partial charge in [0.05, 0.1) is 21.8 Å². The van der Waals surface area contributed by atoms with Crippen LogP contribution in [-0.2, 0) is 17.8 Å². The van der Waals surface area contributed by atoms with Crippen molar-refractivity contribution in [2.75, 3.05) is 0 Å². The second-order valence-electron chi connectivity index (χ2n) is 6.53. The van der Waals surface area contributed by atoms with Gasteiger partial charge in [0.1, 0.15) is 0 Å². The second-order valence-corrected chi connectivity index (χ2v) is 11.1. The minimum absolute atomic E-state index is 0.109. The van der Waals surface area contributed by atoms with E-state index >= 15 is 0 Å². The van der Waals surface area contributed by atoms with Crippen LogP contribution in [-0.4, -0.2) is 31.0 Å². The highest BCUT2D eigenvalue weighted by molar-refractivity contribution is 6.67. The molecule has 0 bridgehead atoms. The Balaban J connectivity index is 2.39. The average molecular weight is 559 g/mol. The molecular weight excluding hydrogens is 549 g/mol. The van der Waals surface area contributed by atoms with Crippen LogP contribution in [0, 0.1) is 16.0 Å². The predicted molar refractivity (Wildman–Crippen MR) is 122 cm³/mol. The summed E-state index contributed by atoms with van der Waals surface area (Å²) in [6, 6.07) is 5.76. The number of hydrogen-bond acceptors (Lipinski definition) is 6. The summed E-state index contributed by atoms with van der Waals surface area (Å²) in [6.07, 6.45) is 5.45. The number of hydrogen-bond donors (Lipinski definition) is 1. The van der Waals surface area contributed by atoms with Gasteiger partial charge in [-0.1, -0.05) is 112 Å². The van der Waals surface area contributed by atoms with Crippen molar-refractivity contribution in [3.8, 4) is 0 Å². The summed E-state index contributed by atoms with van der Waals surface area (Å²) in [5.41, 5.74) is -1.74. The number of nitrogens with zero attached hydrogens (tertiary/aromatic N) is 4. The van der Waals surface area contributed by atoms with Crippen LogP contribution in [0.15, 0.2) is 48.6 Å². The van der Waals surface area contributed by atoms with Gasteiger partial charge in [-0.05, 0) is 0 Å². The highest BCUT2D eigenvalue weighted by Crippen LogP contribution is 2.45. The second kappa shape index (κ2) is 8.93. The molecule has 1 aliphatic rings. The summed E-state index contributed by atoms with van der Waals surface area (Å²) in [7, 11) is 0. The molecule has 0 unspecified atom stereocenters. The third kappa shape index (κ3) is 4.95. The number of aliphatic carboxylic acids is 1. The van der Waals surface area contributed by atoms with E-state index < -0.39 is 41.5 Å². The zero-order valence-corrected chi connectivity index (χ0v) is 20.0. The Kier molecular flexibility index (Phi) is 6.96. The number of nitro benzene ring substituents is 1. The molecule has 0 saturated carbocycles. The summed E-state index contributed by atoms with van der Waals surface area (Å²) >= 11 is 35.7. The SMILES string of the molecule is O=C(O)C1C=CC(c2nc(C(Cl)(Cl)Cl)nc(C(Cl)(Cl)Cl)n2)(c2ccccc2[N+](=O)[O-])C=C1. The summed E-state index contributed by atoms with van der Waals surface area (Å²) in [5, 5.41) is 21.1. The van der Waals surface area contributed by atoms with Gasteiger partial charge in [-0.2, -0.15) is 0 Å². The molecule has 2 aromatic rings. The number of aromatic nitrogens is 3. The lowest BCUT2D eigenvalue weighted by atomic mass is 9.74. The van der Waals surface area contributed by atoms with E-state index in [4.69, 9.17) is 69.6 Å². The van der Waals surface area contributed by atoms with E-state index in [0.29, 0.717) is 0 Å². The first kappa shape index (κ1) is 25.0. The van der Waals surface area contributed by atoms with Crippen molar-refractivity contribution in [2.45, 2.75) is 13.0 Å². The van der Waals surface area contributed by atoms with E-state index in [1.54, 1.807) is 6.07 Å². The van der Waals surface area contributed by atoms with Gasteiger partial charge in [-0.25, -0.2) is 15.0 Å². The third-order valence-corrected chi connectivity index (χ3v) is 5.49. The van der Waals surface area contributed by atoms with Gasteiger partial charge in [0.25, 0.3) is 5.69 Å². The molecule has 1 N–H and O–H groups in total. The summed E-state index contributed by atoms with van der Waals surface area (Å²) in [6.45, 7) is 0. The maximum Gasteiger partial charge on any atom is 0.314 e. The summed E-state index contributed by atoms with van der Waals surface area (Å²) in [4.78, 5) is 34.9. The molecule has 1 aliphatic carbocycles. The van der Waals surface area contributed by atoms with Crippen molar-refractivity contribution in [1.82, 2.24) is 15.0 Å². The number of nitro groups is 1. The standard InChI is InChI=1S/C18H10Cl6N4O4/c19-17(20,21)14-25-13(26-15(27-14)18(22,23)24)16(7-5-9(6-8-16)12(29)30)10-3-1-2-4-11(10)28(31)32/h1-9H,(H,29,30). The zero-order chi connectivity index (χ0) is 23.9. The number of halogens is 6. The first-order valence-corrected chi connectivity index (χ1v) is 10.8. The molecular formula is C18H10Cl6N4O4. The van der Waals surface area contributed by atoms with Gasteiger partial charge in [0.2, 0.25) is 7.59 Å². The van der Waals surface area contributed by atoms with Gasteiger partial charge in [-0.3, -0.25) is 14.9 Å². The van der Waals surface area contributed by atoms with Crippen LogP contribution in [0.4, 0.5) is 5.69 Å². The highest BCUT2D eigenvalue weighted by atomic mass is 35.6. The molecule has 0 amide bonds. The molecule has 0 aliphatic heterocycles. The van der Waals surface area contributed by atoms with Gasteiger partial charge >= 0.3 is 5.97 Å². The smallest absolute Gasteiger partial charge is 0.314 e. The van der Waals surface area contributed by atoms with Crippen molar-refractivity contribution < 1.29 is 14.8 Å². The largest absolute Gasteiger partial charge is 0.481 e. The van der Waals surface area contributed by atoms with Gasteiger partial charge in [0, 0.05) is 6.07 Å². The minimum atomic E-state index is -2.15. The average Bonchev–Trinajstić information content (AvgIpc) is 2.72. The normalized spacial score (nSPS) is 20.9. The number of carboxylic acids is 1. The number of rotatable bonds is 4. The Morgan fingerprint density at radius 1 is 0.969 bits per heavy atom. The maximum absolute atomic E-state index is 11.7. The lowest BCUT2D eigenvalue weighted by Gasteiger charge is -2.30. The maximum atomic E-state index is 11.7. The van der Waals surface area contributed by atoms with Gasteiger partial charge in [0.15, 0.2) is 17.5 Å². The number of benzene rings is 1. The van der Waals surface area contributed by atoms with Gasteiger partial charge in [-0.15, -0.1) is 0 Å². The fraction of sp³-hybridized carbons (Fsp3) is 0.222. The third-order valence-electron chi connectivity index (χ3n) is 4.48. The number of carbonyl (C=O) groups is 1. The highest BCUT2D eigenvalue weighted by Gasteiger charge is 2.43. The molecule has 1 heterocycles. The lowest BCUT2D eigenvalue weighted by Crippen LogP contribution is -2.32. The predicted octanol–water partition coefficient (Wildman–Crippen LogP) is 5.55. The van der Waals surface area contributed by atoms with E-state index in [1.807, 2.05) is 0 Å². The molecule has 0 fully saturated rings. The molecule has 32 heavy (non-hydrogen) atoms. The van der Waals surface area contributed by atoms with Crippen LogP contribution in [0.25, 0.3) is 0 Å². The lowest BCUT2D eigenvalue weighted by molar-refractivity contribution is -0.385. The van der Waals surface area contributed by atoms with Crippen LogP contribution in [0.5, 0.6) is 0 Å². The van der Waals surface area contributed by atoms with Gasteiger partial charge < -0.3 is 5.11 Å². The molecule has 3 rings (SSSR count).